The predicted octanol–water partition coefficient (Wildman–Crippen LogP) is 4.65. The van der Waals surface area contributed by atoms with Crippen LogP contribution in [0.25, 0.3) is 0 Å². The van der Waals surface area contributed by atoms with E-state index < -0.39 is 26.1 Å². The Labute approximate surface area is 222 Å². The molecule has 2 aromatic rings. The second kappa shape index (κ2) is 10.9. The molecule has 206 valence electrons. The van der Waals surface area contributed by atoms with Gasteiger partial charge in [-0.1, -0.05) is 27.7 Å². The van der Waals surface area contributed by atoms with E-state index in [-0.39, 0.29) is 52.8 Å². The van der Waals surface area contributed by atoms with Crippen LogP contribution in [0.1, 0.15) is 68.7 Å². The molecule has 0 aromatic heterocycles. The van der Waals surface area contributed by atoms with Crippen LogP contribution >= 0.6 is 0 Å². The quantitative estimate of drug-likeness (QED) is 0.473. The van der Waals surface area contributed by atoms with Crippen molar-refractivity contribution in [1.29, 1.82) is 0 Å². The van der Waals surface area contributed by atoms with Crippen molar-refractivity contribution >= 4 is 20.0 Å². The molecule has 1 aliphatic rings. The van der Waals surface area contributed by atoms with Crippen LogP contribution in [0.3, 0.4) is 0 Å². The summed E-state index contributed by atoms with van der Waals surface area (Å²) < 4.78 is 68.7. The van der Waals surface area contributed by atoms with Crippen molar-refractivity contribution < 1.29 is 26.3 Å². The molecular formula is C27H40N2O6S2. The molecule has 1 fully saturated rings. The van der Waals surface area contributed by atoms with Crippen LogP contribution < -0.4 is 9.47 Å². The zero-order valence-electron chi connectivity index (χ0n) is 23.3. The molecule has 0 N–H and O–H groups in total. The van der Waals surface area contributed by atoms with Gasteiger partial charge in [0, 0.05) is 25.7 Å². The van der Waals surface area contributed by atoms with E-state index in [1.807, 2.05) is 41.5 Å². The third kappa shape index (κ3) is 5.53. The highest BCUT2D eigenvalue weighted by atomic mass is 32.2. The molecule has 0 saturated carbocycles. The van der Waals surface area contributed by atoms with Crippen molar-refractivity contribution in [3.63, 3.8) is 0 Å². The minimum absolute atomic E-state index is 0.0286. The lowest BCUT2D eigenvalue weighted by atomic mass is 9.98. The number of benzene rings is 2. The summed E-state index contributed by atoms with van der Waals surface area (Å²) >= 11 is 0. The molecule has 2 aromatic carbocycles. The van der Waals surface area contributed by atoms with Gasteiger partial charge in [-0.05, 0) is 79.1 Å². The smallest absolute Gasteiger partial charge is 0.247 e. The Morgan fingerprint density at radius 1 is 0.757 bits per heavy atom. The lowest BCUT2D eigenvalue weighted by Gasteiger charge is -2.38. The Bertz CT molecular complexity index is 1370. The summed E-state index contributed by atoms with van der Waals surface area (Å²) in [6.07, 6.45) is 0. The highest BCUT2D eigenvalue weighted by molar-refractivity contribution is 7.89. The summed E-state index contributed by atoms with van der Waals surface area (Å²) in [6.45, 7) is 13.8. The number of rotatable bonds is 8. The van der Waals surface area contributed by atoms with Gasteiger partial charge in [0.05, 0.1) is 14.2 Å². The third-order valence-electron chi connectivity index (χ3n) is 7.08. The van der Waals surface area contributed by atoms with Gasteiger partial charge < -0.3 is 9.47 Å². The SMILES string of the molecule is COc1cc(C)c(C(C)C)cc1S(=O)(=O)N1CCN(S(=O)(=O)c2cc(C(C)C)c(C)cc2OC)[C@@H](C)C1. The van der Waals surface area contributed by atoms with Crippen molar-refractivity contribution in [3.8, 4) is 11.5 Å². The fraction of sp³-hybridized carbons (Fsp3) is 0.556. The number of hydrogen-bond acceptors (Lipinski definition) is 6. The third-order valence-corrected chi connectivity index (χ3v) is 11.0. The minimum atomic E-state index is -3.93. The predicted molar refractivity (Wildman–Crippen MR) is 146 cm³/mol. The fourth-order valence-corrected chi connectivity index (χ4v) is 8.54. The van der Waals surface area contributed by atoms with Crippen molar-refractivity contribution in [2.24, 2.45) is 0 Å². The lowest BCUT2D eigenvalue weighted by molar-refractivity contribution is 0.211. The maximum absolute atomic E-state index is 13.8. The van der Waals surface area contributed by atoms with E-state index in [4.69, 9.17) is 9.47 Å². The Kier molecular flexibility index (Phi) is 8.68. The first-order valence-electron chi connectivity index (χ1n) is 12.6. The van der Waals surface area contributed by atoms with Crippen LogP contribution in [0.2, 0.25) is 0 Å². The molecule has 1 saturated heterocycles. The van der Waals surface area contributed by atoms with Crippen LogP contribution in [-0.2, 0) is 20.0 Å². The largest absolute Gasteiger partial charge is 0.495 e. The van der Waals surface area contributed by atoms with Gasteiger partial charge in [-0.2, -0.15) is 8.61 Å². The first-order valence-corrected chi connectivity index (χ1v) is 15.4. The van der Waals surface area contributed by atoms with Gasteiger partial charge in [0.25, 0.3) is 0 Å². The maximum Gasteiger partial charge on any atom is 0.247 e. The zero-order valence-corrected chi connectivity index (χ0v) is 25.0. The van der Waals surface area contributed by atoms with E-state index in [0.29, 0.717) is 0 Å². The molecule has 1 atom stereocenters. The van der Waals surface area contributed by atoms with Gasteiger partial charge in [-0.3, -0.25) is 0 Å². The van der Waals surface area contributed by atoms with Crippen LogP contribution in [-0.4, -0.2) is 65.3 Å². The van der Waals surface area contributed by atoms with Gasteiger partial charge in [0.15, 0.2) is 0 Å². The second-order valence-electron chi connectivity index (χ2n) is 10.4. The van der Waals surface area contributed by atoms with Gasteiger partial charge in [0.2, 0.25) is 20.0 Å². The fourth-order valence-electron chi connectivity index (χ4n) is 5.07. The normalized spacial score (nSPS) is 18.0. The second-order valence-corrected chi connectivity index (χ2v) is 14.1. The Hall–Kier alpha value is -2.14. The van der Waals surface area contributed by atoms with Crippen LogP contribution in [0.15, 0.2) is 34.1 Å². The van der Waals surface area contributed by atoms with E-state index in [1.54, 1.807) is 31.2 Å². The van der Waals surface area contributed by atoms with Gasteiger partial charge in [-0.15, -0.1) is 0 Å². The molecule has 3 rings (SSSR count). The average Bonchev–Trinajstić information content (AvgIpc) is 2.82. The van der Waals surface area contributed by atoms with Crippen molar-refractivity contribution in [1.82, 2.24) is 8.61 Å². The van der Waals surface area contributed by atoms with Gasteiger partial charge >= 0.3 is 0 Å². The first-order chi connectivity index (χ1) is 17.2. The molecule has 0 aliphatic carbocycles. The van der Waals surface area contributed by atoms with E-state index in [1.165, 1.54) is 22.8 Å². The van der Waals surface area contributed by atoms with Crippen LogP contribution in [0.4, 0.5) is 0 Å². The Morgan fingerprint density at radius 2 is 1.19 bits per heavy atom. The van der Waals surface area contributed by atoms with E-state index >= 15 is 0 Å². The summed E-state index contributed by atoms with van der Waals surface area (Å²) in [6, 6.07) is 6.30. The lowest BCUT2D eigenvalue weighted by Crippen LogP contribution is -2.55. The number of aryl methyl sites for hydroxylation is 2. The van der Waals surface area contributed by atoms with Crippen molar-refractivity contribution in [2.75, 3.05) is 33.9 Å². The van der Waals surface area contributed by atoms with Crippen molar-refractivity contribution in [2.45, 2.75) is 76.1 Å². The standard InChI is InChI=1S/C27H40N2O6S2/c1-17(2)22-14-26(24(34-8)12-19(22)5)36(30,31)28-10-11-29(21(7)16-28)37(32,33)27-15-23(18(3)4)20(6)13-25(27)35-9/h12-15,17-18,21H,10-11,16H2,1-9H3/t21-/m0/s1. The van der Waals surface area contributed by atoms with Gasteiger partial charge in [0.1, 0.15) is 21.3 Å². The highest BCUT2D eigenvalue weighted by Crippen LogP contribution is 2.36. The average molecular weight is 553 g/mol. The maximum atomic E-state index is 13.8. The Morgan fingerprint density at radius 3 is 1.57 bits per heavy atom. The molecular weight excluding hydrogens is 512 g/mol. The summed E-state index contributed by atoms with van der Waals surface area (Å²) in [5.41, 5.74) is 3.78. The number of methoxy groups -OCH3 is 2. The van der Waals surface area contributed by atoms with E-state index in [2.05, 4.69) is 0 Å². The molecule has 1 heterocycles. The summed E-state index contributed by atoms with van der Waals surface area (Å²) in [5.74, 6) is 0.852. The summed E-state index contributed by atoms with van der Waals surface area (Å²) in [5, 5.41) is 0. The molecule has 0 spiro atoms. The Balaban J connectivity index is 1.97. The number of hydrogen-bond donors (Lipinski definition) is 0. The molecule has 0 unspecified atom stereocenters. The molecule has 37 heavy (non-hydrogen) atoms. The highest BCUT2D eigenvalue weighted by Gasteiger charge is 2.40. The molecule has 0 bridgehead atoms. The number of piperazine rings is 1. The molecule has 8 nitrogen and oxygen atoms in total. The van der Waals surface area contributed by atoms with E-state index in [0.717, 1.165) is 22.3 Å². The van der Waals surface area contributed by atoms with Gasteiger partial charge in [-0.25, -0.2) is 16.8 Å². The zero-order chi connectivity index (χ0) is 27.9. The number of nitrogens with zero attached hydrogens (tertiary/aromatic N) is 2. The first kappa shape index (κ1) is 29.4. The number of ether oxygens (including phenoxy) is 2. The molecule has 0 radical (unpaired) electrons. The van der Waals surface area contributed by atoms with Crippen LogP contribution in [0, 0.1) is 13.8 Å². The minimum Gasteiger partial charge on any atom is -0.495 e. The number of sulfonamides is 2. The molecule has 1 aliphatic heterocycles. The topological polar surface area (TPSA) is 93.2 Å². The molecule has 0 amide bonds. The monoisotopic (exact) mass is 552 g/mol. The summed E-state index contributed by atoms with van der Waals surface area (Å²) in [4.78, 5) is 0.212. The molecule has 10 heteroatoms. The van der Waals surface area contributed by atoms with Crippen molar-refractivity contribution in [3.05, 3.63) is 46.5 Å². The van der Waals surface area contributed by atoms with E-state index in [9.17, 15) is 16.8 Å². The van der Waals surface area contributed by atoms with Crippen LogP contribution in [0.5, 0.6) is 11.5 Å². The summed E-state index contributed by atoms with van der Waals surface area (Å²) in [7, 11) is -4.94.